The van der Waals surface area contributed by atoms with E-state index in [1.54, 1.807) is 10.6 Å². The van der Waals surface area contributed by atoms with Crippen molar-refractivity contribution in [2.45, 2.75) is 26.2 Å². The lowest BCUT2D eigenvalue weighted by atomic mass is 10.1. The lowest BCUT2D eigenvalue weighted by molar-refractivity contribution is 0.597. The third-order valence-electron chi connectivity index (χ3n) is 3.12. The first-order chi connectivity index (χ1) is 8.81. The summed E-state index contributed by atoms with van der Waals surface area (Å²) in [5, 5.41) is 0.534. The molecule has 0 amide bonds. The van der Waals surface area contributed by atoms with Crippen molar-refractivity contribution in [1.82, 2.24) is 9.55 Å². The zero-order valence-corrected chi connectivity index (χ0v) is 10.2. The molecule has 0 aliphatic heterocycles. The van der Waals surface area contributed by atoms with Crippen LogP contribution in [-0.4, -0.2) is 9.55 Å². The summed E-state index contributed by atoms with van der Waals surface area (Å²) < 4.78 is 6.91. The lowest BCUT2D eigenvalue weighted by Crippen LogP contribution is -2.24. The first kappa shape index (κ1) is 11.0. The molecule has 0 saturated heterocycles. The summed E-state index contributed by atoms with van der Waals surface area (Å²) in [6.45, 7) is 1.99. The zero-order valence-electron chi connectivity index (χ0n) is 10.2. The predicted octanol–water partition coefficient (Wildman–Crippen LogP) is 2.74. The van der Waals surface area contributed by atoms with E-state index in [-0.39, 0.29) is 5.56 Å². The molecule has 1 aliphatic carbocycles. The Morgan fingerprint density at radius 3 is 3.06 bits per heavy atom. The summed E-state index contributed by atoms with van der Waals surface area (Å²) >= 11 is 0. The van der Waals surface area contributed by atoms with Crippen LogP contribution < -0.4 is 5.56 Å². The number of aryl methyl sites for hydroxylation is 1. The van der Waals surface area contributed by atoms with Crippen LogP contribution in [0, 0.1) is 0 Å². The minimum absolute atomic E-state index is 0.0524. The van der Waals surface area contributed by atoms with Crippen molar-refractivity contribution in [2.24, 2.45) is 0 Å². The van der Waals surface area contributed by atoms with Crippen molar-refractivity contribution >= 4 is 16.8 Å². The number of furan rings is 1. The van der Waals surface area contributed by atoms with Gasteiger partial charge in [0.1, 0.15) is 11.2 Å². The highest BCUT2D eigenvalue weighted by Crippen LogP contribution is 2.17. The quantitative estimate of drug-likeness (QED) is 0.813. The van der Waals surface area contributed by atoms with Gasteiger partial charge in [-0.25, -0.2) is 0 Å². The van der Waals surface area contributed by atoms with Gasteiger partial charge in [-0.15, -0.1) is 0 Å². The number of hydrogen-bond acceptors (Lipinski definition) is 3. The zero-order chi connectivity index (χ0) is 12.5. The number of hydrogen-bond donors (Lipinski definition) is 0. The SMILES string of the molecule is CCc1nc2occc2c(=O)n1C1=CCCC=C1. The predicted molar refractivity (Wildman–Crippen MR) is 70.3 cm³/mol. The van der Waals surface area contributed by atoms with Crippen LogP contribution in [0.2, 0.25) is 0 Å². The van der Waals surface area contributed by atoms with Gasteiger partial charge in [0.15, 0.2) is 0 Å². The maximum Gasteiger partial charge on any atom is 0.269 e. The van der Waals surface area contributed by atoms with Gasteiger partial charge in [0.05, 0.1) is 6.26 Å². The van der Waals surface area contributed by atoms with E-state index in [9.17, 15) is 4.79 Å². The van der Waals surface area contributed by atoms with Crippen molar-refractivity contribution in [3.8, 4) is 0 Å². The first-order valence-corrected chi connectivity index (χ1v) is 6.17. The van der Waals surface area contributed by atoms with Crippen molar-refractivity contribution in [1.29, 1.82) is 0 Å². The van der Waals surface area contributed by atoms with Gasteiger partial charge in [0.25, 0.3) is 5.56 Å². The molecule has 4 nitrogen and oxygen atoms in total. The molecule has 0 spiro atoms. The highest BCUT2D eigenvalue weighted by atomic mass is 16.3. The molecule has 0 atom stereocenters. The van der Waals surface area contributed by atoms with E-state index >= 15 is 0 Å². The van der Waals surface area contributed by atoms with Crippen LogP contribution in [0.3, 0.4) is 0 Å². The van der Waals surface area contributed by atoms with Crippen LogP contribution in [0.5, 0.6) is 0 Å². The Morgan fingerprint density at radius 2 is 2.33 bits per heavy atom. The van der Waals surface area contributed by atoms with Crippen molar-refractivity contribution in [3.05, 3.63) is 46.7 Å². The topological polar surface area (TPSA) is 48.0 Å². The van der Waals surface area contributed by atoms with Gasteiger partial charge < -0.3 is 4.42 Å². The largest absolute Gasteiger partial charge is 0.446 e. The average Bonchev–Trinajstić information content (AvgIpc) is 2.88. The van der Waals surface area contributed by atoms with E-state index in [0.29, 0.717) is 17.5 Å². The Morgan fingerprint density at radius 1 is 1.44 bits per heavy atom. The van der Waals surface area contributed by atoms with E-state index in [2.05, 4.69) is 17.1 Å². The van der Waals surface area contributed by atoms with Gasteiger partial charge in [-0.05, 0) is 25.0 Å². The smallest absolute Gasteiger partial charge is 0.269 e. The molecule has 1 aliphatic rings. The molecule has 0 fully saturated rings. The Labute approximate surface area is 104 Å². The van der Waals surface area contributed by atoms with Crippen LogP contribution in [0.15, 0.2) is 39.8 Å². The summed E-state index contributed by atoms with van der Waals surface area (Å²) in [5.41, 5.74) is 1.29. The molecule has 0 N–H and O–H groups in total. The van der Waals surface area contributed by atoms with E-state index in [1.165, 1.54) is 6.26 Å². The molecular formula is C14H14N2O2. The van der Waals surface area contributed by atoms with Crippen LogP contribution in [0.1, 0.15) is 25.6 Å². The number of fused-ring (bicyclic) bond motifs is 1. The van der Waals surface area contributed by atoms with Crippen LogP contribution in [0.4, 0.5) is 0 Å². The molecule has 0 aromatic carbocycles. The Kier molecular flexibility index (Phi) is 2.63. The second kappa shape index (κ2) is 4.29. The molecule has 18 heavy (non-hydrogen) atoms. The van der Waals surface area contributed by atoms with E-state index in [0.717, 1.165) is 24.4 Å². The third-order valence-corrected chi connectivity index (χ3v) is 3.12. The summed E-state index contributed by atoms with van der Waals surface area (Å²) in [6, 6.07) is 1.67. The molecule has 2 aromatic heterocycles. The minimum atomic E-state index is -0.0524. The third kappa shape index (κ3) is 1.61. The Bertz CT molecular complexity index is 704. The molecule has 0 saturated carbocycles. The minimum Gasteiger partial charge on any atom is -0.446 e. The number of nitrogens with zero attached hydrogens (tertiary/aromatic N) is 2. The van der Waals surface area contributed by atoms with Gasteiger partial charge in [-0.2, -0.15) is 4.98 Å². The van der Waals surface area contributed by atoms with Crippen molar-refractivity contribution < 1.29 is 4.42 Å². The normalized spacial score (nSPS) is 15.1. The molecule has 2 aromatic rings. The fourth-order valence-electron chi connectivity index (χ4n) is 2.22. The van der Waals surface area contributed by atoms with Gasteiger partial charge in [-0.3, -0.25) is 9.36 Å². The maximum atomic E-state index is 12.5. The molecule has 92 valence electrons. The van der Waals surface area contributed by atoms with Gasteiger partial charge >= 0.3 is 0 Å². The Hall–Kier alpha value is -2.10. The molecular weight excluding hydrogens is 228 g/mol. The summed E-state index contributed by atoms with van der Waals surface area (Å²) in [4.78, 5) is 16.9. The second-order valence-corrected chi connectivity index (χ2v) is 4.27. The fraction of sp³-hybridized carbons (Fsp3) is 0.286. The number of allylic oxidation sites excluding steroid dienone is 4. The average molecular weight is 242 g/mol. The lowest BCUT2D eigenvalue weighted by Gasteiger charge is -2.13. The van der Waals surface area contributed by atoms with Gasteiger partial charge in [0.2, 0.25) is 5.71 Å². The fourth-order valence-corrected chi connectivity index (χ4v) is 2.22. The number of rotatable bonds is 2. The molecule has 2 heterocycles. The van der Waals surface area contributed by atoms with Crippen LogP contribution in [-0.2, 0) is 6.42 Å². The standard InChI is InChI=1S/C14H14N2O2/c1-2-12-15-13-11(8-9-18-13)14(17)16(12)10-6-4-3-5-7-10/h4,6-9H,2-3,5H2,1H3. The molecule has 4 heteroatoms. The second-order valence-electron chi connectivity index (χ2n) is 4.27. The van der Waals surface area contributed by atoms with Crippen LogP contribution >= 0.6 is 0 Å². The highest BCUT2D eigenvalue weighted by molar-refractivity contribution is 5.74. The van der Waals surface area contributed by atoms with E-state index in [4.69, 9.17) is 4.42 Å². The van der Waals surface area contributed by atoms with Crippen molar-refractivity contribution in [2.75, 3.05) is 0 Å². The van der Waals surface area contributed by atoms with E-state index in [1.807, 2.05) is 13.0 Å². The monoisotopic (exact) mass is 242 g/mol. The highest BCUT2D eigenvalue weighted by Gasteiger charge is 2.14. The van der Waals surface area contributed by atoms with Crippen molar-refractivity contribution in [3.63, 3.8) is 0 Å². The summed E-state index contributed by atoms with van der Waals surface area (Å²) in [5.74, 6) is 0.736. The maximum absolute atomic E-state index is 12.5. The first-order valence-electron chi connectivity index (χ1n) is 6.17. The molecule has 0 unspecified atom stereocenters. The number of aromatic nitrogens is 2. The summed E-state index contributed by atoms with van der Waals surface area (Å²) in [7, 11) is 0. The molecule has 0 radical (unpaired) electrons. The van der Waals surface area contributed by atoms with E-state index < -0.39 is 0 Å². The summed E-state index contributed by atoms with van der Waals surface area (Å²) in [6.07, 6.45) is 10.3. The molecule has 3 rings (SSSR count). The molecule has 0 bridgehead atoms. The van der Waals surface area contributed by atoms with Gasteiger partial charge in [0, 0.05) is 12.1 Å². The Balaban J connectivity index is 2.32. The van der Waals surface area contributed by atoms with Crippen LogP contribution in [0.25, 0.3) is 16.8 Å². The van der Waals surface area contributed by atoms with Gasteiger partial charge in [-0.1, -0.05) is 19.1 Å².